The van der Waals surface area contributed by atoms with Crippen LogP contribution in [-0.4, -0.2) is 64.3 Å². The van der Waals surface area contributed by atoms with Crippen LogP contribution < -0.4 is 0 Å². The van der Waals surface area contributed by atoms with Crippen LogP contribution in [0.4, 0.5) is 0 Å². The minimum atomic E-state index is -1.04. The van der Waals surface area contributed by atoms with Gasteiger partial charge in [0.2, 0.25) is 0 Å². The molecule has 0 amide bonds. The molecule has 1 unspecified atom stereocenters. The van der Waals surface area contributed by atoms with Gasteiger partial charge in [0.1, 0.15) is 0 Å². The van der Waals surface area contributed by atoms with E-state index < -0.39 is 5.97 Å². The first kappa shape index (κ1) is 13.0. The lowest BCUT2D eigenvalue weighted by molar-refractivity contribution is 0.0690. The largest absolute Gasteiger partial charge is 0.476 e. The number of nitrogens with zero attached hydrogens (tertiary/aromatic N) is 4. The quantitative estimate of drug-likeness (QED) is 0.766. The monoisotopic (exact) mass is 254 g/mol. The van der Waals surface area contributed by atoms with E-state index in [0.29, 0.717) is 12.5 Å². The van der Waals surface area contributed by atoms with Gasteiger partial charge in [0.15, 0.2) is 5.69 Å². The molecule has 7 nitrogen and oxygen atoms in total. The number of likely N-dealkylation sites (tertiary alicyclic amines) is 1. The maximum absolute atomic E-state index is 10.6. The third-order valence-electron chi connectivity index (χ3n) is 3.18. The Kier molecular flexibility index (Phi) is 4.27. The third-order valence-corrected chi connectivity index (χ3v) is 3.18. The number of carboxylic acids is 1. The van der Waals surface area contributed by atoms with Gasteiger partial charge in [-0.15, -0.1) is 5.10 Å². The number of ether oxygens (including phenoxy) is 1. The fourth-order valence-electron chi connectivity index (χ4n) is 2.24. The molecular formula is C11H18N4O3. The van der Waals surface area contributed by atoms with Gasteiger partial charge in [-0.2, -0.15) is 0 Å². The summed E-state index contributed by atoms with van der Waals surface area (Å²) in [5.41, 5.74) is -0.00585. The lowest BCUT2D eigenvalue weighted by Gasteiger charge is -2.15. The lowest BCUT2D eigenvalue weighted by Crippen LogP contribution is -2.26. The number of rotatable bonds is 6. The summed E-state index contributed by atoms with van der Waals surface area (Å²) in [5, 5.41) is 16.1. The fraction of sp³-hybridized carbons (Fsp3) is 0.727. The average molecular weight is 254 g/mol. The van der Waals surface area contributed by atoms with Crippen molar-refractivity contribution in [1.82, 2.24) is 19.9 Å². The van der Waals surface area contributed by atoms with Crippen molar-refractivity contribution in [1.29, 1.82) is 0 Å². The van der Waals surface area contributed by atoms with Gasteiger partial charge < -0.3 is 14.7 Å². The summed E-state index contributed by atoms with van der Waals surface area (Å²) in [6, 6.07) is 0. The lowest BCUT2D eigenvalue weighted by atomic mass is 10.1. The summed E-state index contributed by atoms with van der Waals surface area (Å²) in [6.45, 7) is 4.44. The molecule has 18 heavy (non-hydrogen) atoms. The zero-order chi connectivity index (χ0) is 13.0. The summed E-state index contributed by atoms with van der Waals surface area (Å²) in [7, 11) is 1.73. The predicted octanol–water partition coefficient (Wildman–Crippen LogP) is -0.0554. The van der Waals surface area contributed by atoms with Crippen molar-refractivity contribution in [2.24, 2.45) is 5.92 Å². The van der Waals surface area contributed by atoms with E-state index in [2.05, 4.69) is 15.2 Å². The number of carbonyl (C=O) groups is 1. The summed E-state index contributed by atoms with van der Waals surface area (Å²) in [5.74, 6) is -0.428. The first-order valence-electron chi connectivity index (χ1n) is 6.03. The van der Waals surface area contributed by atoms with E-state index in [1.807, 2.05) is 0 Å². The van der Waals surface area contributed by atoms with Crippen molar-refractivity contribution >= 4 is 5.97 Å². The maximum atomic E-state index is 10.6. The van der Waals surface area contributed by atoms with Gasteiger partial charge in [0.05, 0.1) is 19.3 Å². The Morgan fingerprint density at radius 2 is 2.44 bits per heavy atom. The summed E-state index contributed by atoms with van der Waals surface area (Å²) in [4.78, 5) is 13.0. The zero-order valence-electron chi connectivity index (χ0n) is 10.4. The summed E-state index contributed by atoms with van der Waals surface area (Å²) < 4.78 is 6.72. The molecule has 100 valence electrons. The highest BCUT2D eigenvalue weighted by Crippen LogP contribution is 2.15. The molecule has 1 aromatic heterocycles. The molecule has 1 atom stereocenters. The van der Waals surface area contributed by atoms with E-state index in [-0.39, 0.29) is 5.69 Å². The van der Waals surface area contributed by atoms with Crippen LogP contribution in [0.2, 0.25) is 0 Å². The molecular weight excluding hydrogens is 236 g/mol. The van der Waals surface area contributed by atoms with E-state index in [0.717, 1.165) is 32.7 Å². The van der Waals surface area contributed by atoms with Crippen LogP contribution in [0.5, 0.6) is 0 Å². The van der Waals surface area contributed by atoms with Gasteiger partial charge in [-0.05, 0) is 18.9 Å². The Bertz CT molecular complexity index is 407. The number of hydrogen-bond acceptors (Lipinski definition) is 5. The molecule has 1 saturated heterocycles. The van der Waals surface area contributed by atoms with Crippen molar-refractivity contribution in [3.63, 3.8) is 0 Å². The molecule has 0 spiro atoms. The molecule has 0 aromatic carbocycles. The van der Waals surface area contributed by atoms with Gasteiger partial charge in [-0.3, -0.25) is 4.68 Å². The number of hydrogen-bond donors (Lipinski definition) is 1. The Morgan fingerprint density at radius 3 is 3.11 bits per heavy atom. The van der Waals surface area contributed by atoms with Crippen LogP contribution in [0.15, 0.2) is 6.20 Å². The molecule has 0 bridgehead atoms. The van der Waals surface area contributed by atoms with Crippen LogP contribution in [0.25, 0.3) is 0 Å². The van der Waals surface area contributed by atoms with E-state index >= 15 is 0 Å². The minimum Gasteiger partial charge on any atom is -0.476 e. The summed E-state index contributed by atoms with van der Waals surface area (Å²) >= 11 is 0. The molecule has 7 heteroatoms. The van der Waals surface area contributed by atoms with Gasteiger partial charge in [-0.25, -0.2) is 4.79 Å². The molecule has 2 heterocycles. The first-order valence-corrected chi connectivity index (χ1v) is 6.03. The number of aromatic nitrogens is 3. The highest BCUT2D eigenvalue weighted by Gasteiger charge is 2.21. The standard InChI is InChI=1S/C11H18N4O3/c1-18-8-9-2-3-14(6-9)4-5-15-7-10(11(16)17)12-13-15/h7,9H,2-6,8H2,1H3,(H,16,17). The Balaban J connectivity index is 1.76. The number of carboxylic acid groups (broad SMARTS) is 1. The smallest absolute Gasteiger partial charge is 0.358 e. The van der Waals surface area contributed by atoms with Gasteiger partial charge in [0, 0.05) is 20.2 Å². The van der Waals surface area contributed by atoms with E-state index in [9.17, 15) is 4.79 Å². The van der Waals surface area contributed by atoms with Crippen LogP contribution >= 0.6 is 0 Å². The Morgan fingerprint density at radius 1 is 1.61 bits per heavy atom. The molecule has 0 aliphatic carbocycles. The molecule has 0 saturated carbocycles. The van der Waals surface area contributed by atoms with Gasteiger partial charge in [0.25, 0.3) is 0 Å². The van der Waals surface area contributed by atoms with Crippen LogP contribution in [0.1, 0.15) is 16.9 Å². The zero-order valence-corrected chi connectivity index (χ0v) is 10.4. The summed E-state index contributed by atoms with van der Waals surface area (Å²) in [6.07, 6.45) is 2.62. The molecule has 1 aromatic rings. The van der Waals surface area contributed by atoms with Crippen LogP contribution in [0, 0.1) is 5.92 Å². The molecule has 1 fully saturated rings. The topological polar surface area (TPSA) is 80.5 Å². The normalized spacial score (nSPS) is 20.4. The van der Waals surface area contributed by atoms with Crippen LogP contribution in [0.3, 0.4) is 0 Å². The number of aromatic carboxylic acids is 1. The van der Waals surface area contributed by atoms with Crippen molar-refractivity contribution in [2.75, 3.05) is 33.4 Å². The second-order valence-electron chi connectivity index (χ2n) is 4.58. The number of methoxy groups -OCH3 is 1. The highest BCUT2D eigenvalue weighted by atomic mass is 16.5. The van der Waals surface area contributed by atoms with E-state index in [1.54, 1.807) is 11.8 Å². The molecule has 1 aliphatic heterocycles. The predicted molar refractivity (Wildman–Crippen MR) is 63.4 cm³/mol. The highest BCUT2D eigenvalue weighted by molar-refractivity contribution is 5.84. The van der Waals surface area contributed by atoms with Gasteiger partial charge in [-0.1, -0.05) is 5.21 Å². The SMILES string of the molecule is COCC1CCN(CCn2cc(C(=O)O)nn2)C1. The van der Waals surface area contributed by atoms with Crippen LogP contribution in [-0.2, 0) is 11.3 Å². The van der Waals surface area contributed by atoms with Crippen molar-refractivity contribution in [3.8, 4) is 0 Å². The van der Waals surface area contributed by atoms with Crippen molar-refractivity contribution in [2.45, 2.75) is 13.0 Å². The molecule has 2 rings (SSSR count). The minimum absolute atomic E-state index is 0.00585. The Hall–Kier alpha value is -1.47. The van der Waals surface area contributed by atoms with E-state index in [4.69, 9.17) is 9.84 Å². The van der Waals surface area contributed by atoms with Crippen molar-refractivity contribution in [3.05, 3.63) is 11.9 Å². The van der Waals surface area contributed by atoms with Crippen molar-refractivity contribution < 1.29 is 14.6 Å². The molecule has 0 radical (unpaired) electrons. The third kappa shape index (κ3) is 3.27. The Labute approximate surface area is 105 Å². The first-order chi connectivity index (χ1) is 8.69. The second-order valence-corrected chi connectivity index (χ2v) is 4.58. The molecule has 1 N–H and O–H groups in total. The fourth-order valence-corrected chi connectivity index (χ4v) is 2.24. The van der Waals surface area contributed by atoms with Gasteiger partial charge >= 0.3 is 5.97 Å². The molecule has 1 aliphatic rings. The maximum Gasteiger partial charge on any atom is 0.358 e. The van der Waals surface area contributed by atoms with E-state index in [1.165, 1.54) is 6.20 Å². The second kappa shape index (κ2) is 5.92. The average Bonchev–Trinajstić information content (AvgIpc) is 2.95.